The summed E-state index contributed by atoms with van der Waals surface area (Å²) in [5.41, 5.74) is 0. The number of piperazine rings is 1. The molecule has 1 saturated heterocycles. The predicted molar refractivity (Wildman–Crippen MR) is 78.1 cm³/mol. The van der Waals surface area contributed by atoms with Crippen LogP contribution < -0.4 is 5.32 Å². The van der Waals surface area contributed by atoms with Crippen LogP contribution in [-0.4, -0.2) is 61.0 Å². The zero-order valence-electron chi connectivity index (χ0n) is 12.7. The first-order chi connectivity index (χ1) is 9.08. The molecule has 1 heterocycles. The maximum atomic E-state index is 12.4. The lowest BCUT2D eigenvalue weighted by Gasteiger charge is -2.37. The molecule has 1 aliphatic heterocycles. The zero-order valence-corrected chi connectivity index (χ0v) is 12.7. The summed E-state index contributed by atoms with van der Waals surface area (Å²) in [7, 11) is 2.00. The number of rotatable bonds is 3. The first-order valence-corrected chi connectivity index (χ1v) is 7.78. The van der Waals surface area contributed by atoms with Gasteiger partial charge >= 0.3 is 0 Å². The quantitative estimate of drug-likeness (QED) is 0.837. The smallest absolute Gasteiger partial charge is 0.236 e. The van der Waals surface area contributed by atoms with Gasteiger partial charge in [-0.15, -0.1) is 0 Å². The highest BCUT2D eigenvalue weighted by Gasteiger charge is 2.27. The lowest BCUT2D eigenvalue weighted by Crippen LogP contribution is -2.53. The second kappa shape index (κ2) is 6.71. The lowest BCUT2D eigenvalue weighted by molar-refractivity contribution is -0.134. The molecule has 19 heavy (non-hydrogen) atoms. The molecule has 0 bridgehead atoms. The number of nitrogens with zero attached hydrogens (tertiary/aromatic N) is 2. The van der Waals surface area contributed by atoms with Crippen molar-refractivity contribution >= 4 is 5.91 Å². The Kier molecular flexibility index (Phi) is 5.22. The van der Waals surface area contributed by atoms with Crippen molar-refractivity contribution < 1.29 is 4.79 Å². The van der Waals surface area contributed by atoms with Gasteiger partial charge in [-0.05, 0) is 38.5 Å². The third kappa shape index (κ3) is 3.93. The van der Waals surface area contributed by atoms with E-state index in [1.807, 2.05) is 11.9 Å². The van der Waals surface area contributed by atoms with Crippen molar-refractivity contribution in [1.82, 2.24) is 15.1 Å². The third-order valence-corrected chi connectivity index (χ3v) is 4.90. The van der Waals surface area contributed by atoms with Crippen LogP contribution in [0.15, 0.2) is 0 Å². The Morgan fingerprint density at radius 3 is 2.58 bits per heavy atom. The average Bonchev–Trinajstić information content (AvgIpc) is 2.41. The summed E-state index contributed by atoms with van der Waals surface area (Å²) in [5, 5.41) is 3.37. The molecule has 2 rings (SSSR count). The fourth-order valence-electron chi connectivity index (χ4n) is 3.24. The average molecular weight is 267 g/mol. The summed E-state index contributed by atoms with van der Waals surface area (Å²) in [6.07, 6.45) is 4.90. The van der Waals surface area contributed by atoms with Crippen molar-refractivity contribution in [1.29, 1.82) is 0 Å². The first-order valence-electron chi connectivity index (χ1n) is 7.78. The predicted octanol–water partition coefficient (Wildman–Crippen LogP) is 1.32. The normalized spacial score (nSPS) is 33.1. The molecular weight excluding hydrogens is 238 g/mol. The highest BCUT2D eigenvalue weighted by Crippen LogP contribution is 2.26. The van der Waals surface area contributed by atoms with Crippen molar-refractivity contribution in [3.8, 4) is 0 Å². The molecule has 0 aromatic heterocycles. The Labute approximate surface area is 117 Å². The van der Waals surface area contributed by atoms with Crippen LogP contribution in [0.4, 0.5) is 0 Å². The van der Waals surface area contributed by atoms with Gasteiger partial charge in [0.25, 0.3) is 0 Å². The fraction of sp³-hybridized carbons (Fsp3) is 0.933. The Morgan fingerprint density at radius 2 is 1.95 bits per heavy atom. The Bertz CT molecular complexity index is 300. The molecule has 1 N–H and O–H groups in total. The van der Waals surface area contributed by atoms with Gasteiger partial charge in [-0.3, -0.25) is 9.69 Å². The minimum Gasteiger partial charge on any atom is -0.342 e. The van der Waals surface area contributed by atoms with Gasteiger partial charge in [-0.1, -0.05) is 6.92 Å². The number of carbonyl (C=O) groups is 1. The second-order valence-corrected chi connectivity index (χ2v) is 6.44. The molecule has 1 aliphatic carbocycles. The van der Waals surface area contributed by atoms with Crippen LogP contribution in [0, 0.1) is 5.92 Å². The number of hydrogen-bond acceptors (Lipinski definition) is 3. The Balaban J connectivity index is 1.81. The van der Waals surface area contributed by atoms with E-state index in [-0.39, 0.29) is 0 Å². The number of hydrogen-bond donors (Lipinski definition) is 1. The molecule has 1 atom stereocenters. The van der Waals surface area contributed by atoms with Crippen LogP contribution in [0.25, 0.3) is 0 Å². The molecule has 1 amide bonds. The Morgan fingerprint density at radius 1 is 1.26 bits per heavy atom. The molecule has 4 nitrogen and oxygen atoms in total. The molecule has 0 aromatic carbocycles. The minimum atomic E-state index is 0.299. The number of carbonyl (C=O) groups excluding carboxylic acids is 1. The van der Waals surface area contributed by atoms with Gasteiger partial charge in [0.05, 0.1) is 6.54 Å². The molecule has 0 spiro atoms. The van der Waals surface area contributed by atoms with Gasteiger partial charge in [0.2, 0.25) is 5.91 Å². The number of amides is 1. The highest BCUT2D eigenvalue weighted by atomic mass is 16.2. The molecule has 4 heteroatoms. The molecule has 0 aromatic rings. The maximum absolute atomic E-state index is 12.4. The van der Waals surface area contributed by atoms with E-state index in [4.69, 9.17) is 0 Å². The molecule has 2 fully saturated rings. The summed E-state index contributed by atoms with van der Waals surface area (Å²) < 4.78 is 0. The van der Waals surface area contributed by atoms with Crippen molar-refractivity contribution in [3.05, 3.63) is 0 Å². The molecular formula is C15H29N3O. The topological polar surface area (TPSA) is 35.6 Å². The SMILES string of the molecule is CC1CCC(N(C)C(=O)CN2CCNC[C@H]2C)CC1. The molecule has 110 valence electrons. The highest BCUT2D eigenvalue weighted by molar-refractivity contribution is 5.78. The summed E-state index contributed by atoms with van der Waals surface area (Å²) in [4.78, 5) is 16.7. The van der Waals surface area contributed by atoms with Crippen molar-refractivity contribution in [3.63, 3.8) is 0 Å². The van der Waals surface area contributed by atoms with Crippen molar-refractivity contribution in [2.75, 3.05) is 33.2 Å². The summed E-state index contributed by atoms with van der Waals surface area (Å²) in [5.74, 6) is 1.14. The van der Waals surface area contributed by atoms with E-state index in [0.717, 1.165) is 25.6 Å². The van der Waals surface area contributed by atoms with Gasteiger partial charge < -0.3 is 10.2 Å². The van der Waals surface area contributed by atoms with Gasteiger partial charge in [-0.2, -0.15) is 0 Å². The number of nitrogens with one attached hydrogen (secondary N) is 1. The van der Waals surface area contributed by atoms with Crippen LogP contribution in [0.3, 0.4) is 0 Å². The fourth-order valence-corrected chi connectivity index (χ4v) is 3.24. The standard InChI is InChI=1S/C15H29N3O/c1-12-4-6-14(7-5-12)17(3)15(19)11-18-9-8-16-10-13(18)2/h12-14,16H,4-11H2,1-3H3/t12?,13-,14?/m1/s1. The van der Waals surface area contributed by atoms with E-state index in [2.05, 4.69) is 24.1 Å². The Hall–Kier alpha value is -0.610. The summed E-state index contributed by atoms with van der Waals surface area (Å²) >= 11 is 0. The van der Waals surface area contributed by atoms with E-state index in [1.165, 1.54) is 25.7 Å². The second-order valence-electron chi connectivity index (χ2n) is 6.44. The largest absolute Gasteiger partial charge is 0.342 e. The van der Waals surface area contributed by atoms with Crippen molar-refractivity contribution in [2.24, 2.45) is 5.92 Å². The summed E-state index contributed by atoms with van der Waals surface area (Å²) in [6.45, 7) is 8.09. The van der Waals surface area contributed by atoms with Crippen LogP contribution in [0.5, 0.6) is 0 Å². The van der Waals surface area contributed by atoms with E-state index < -0.39 is 0 Å². The van der Waals surface area contributed by atoms with E-state index in [1.54, 1.807) is 0 Å². The van der Waals surface area contributed by atoms with Gasteiger partial charge in [0.15, 0.2) is 0 Å². The molecule has 0 unspecified atom stereocenters. The zero-order chi connectivity index (χ0) is 13.8. The van der Waals surface area contributed by atoms with Crippen LogP contribution >= 0.6 is 0 Å². The van der Waals surface area contributed by atoms with Gasteiger partial charge in [0.1, 0.15) is 0 Å². The van der Waals surface area contributed by atoms with E-state index in [9.17, 15) is 4.79 Å². The minimum absolute atomic E-state index is 0.299. The van der Waals surface area contributed by atoms with Crippen LogP contribution in [-0.2, 0) is 4.79 Å². The van der Waals surface area contributed by atoms with Crippen molar-refractivity contribution in [2.45, 2.75) is 51.6 Å². The monoisotopic (exact) mass is 267 g/mol. The van der Waals surface area contributed by atoms with Crippen LogP contribution in [0.2, 0.25) is 0 Å². The summed E-state index contributed by atoms with van der Waals surface area (Å²) in [6, 6.07) is 0.944. The molecule has 1 saturated carbocycles. The molecule has 0 radical (unpaired) electrons. The molecule has 2 aliphatic rings. The van der Waals surface area contributed by atoms with Gasteiger partial charge in [-0.25, -0.2) is 0 Å². The maximum Gasteiger partial charge on any atom is 0.236 e. The lowest BCUT2D eigenvalue weighted by atomic mass is 9.87. The third-order valence-electron chi connectivity index (χ3n) is 4.90. The first kappa shape index (κ1) is 14.8. The van der Waals surface area contributed by atoms with Crippen LogP contribution in [0.1, 0.15) is 39.5 Å². The van der Waals surface area contributed by atoms with E-state index in [0.29, 0.717) is 24.5 Å². The van der Waals surface area contributed by atoms with E-state index >= 15 is 0 Å². The van der Waals surface area contributed by atoms with Gasteiger partial charge in [0, 0.05) is 38.8 Å². The number of likely N-dealkylation sites (N-methyl/N-ethyl adjacent to an activating group) is 1.